The van der Waals surface area contributed by atoms with E-state index in [0.717, 1.165) is 11.4 Å². The number of nitrogens with zero attached hydrogens (tertiary/aromatic N) is 2. The molecular formula is C18H19N3O4. The highest BCUT2D eigenvalue weighted by Crippen LogP contribution is 2.27. The fourth-order valence-corrected chi connectivity index (χ4v) is 2.71. The Morgan fingerprint density at radius 3 is 2.52 bits per heavy atom. The van der Waals surface area contributed by atoms with Gasteiger partial charge in [-0.15, -0.1) is 0 Å². The first-order valence-electron chi connectivity index (χ1n) is 7.86. The SMILES string of the molecule is COc1ccc(N2CC(C(=O)Nc3ccc(OC)nc3)CC2=O)cc1. The molecule has 0 spiro atoms. The van der Waals surface area contributed by atoms with Crippen molar-refractivity contribution in [1.29, 1.82) is 0 Å². The number of carbonyl (C=O) groups is 2. The second kappa shape index (κ2) is 7.21. The molecule has 1 aromatic heterocycles. The van der Waals surface area contributed by atoms with E-state index >= 15 is 0 Å². The van der Waals surface area contributed by atoms with Gasteiger partial charge in [0, 0.05) is 24.7 Å². The second-order valence-electron chi connectivity index (χ2n) is 5.68. The molecule has 1 saturated heterocycles. The lowest BCUT2D eigenvalue weighted by Crippen LogP contribution is -2.28. The summed E-state index contributed by atoms with van der Waals surface area (Å²) >= 11 is 0. The lowest BCUT2D eigenvalue weighted by Gasteiger charge is -2.17. The van der Waals surface area contributed by atoms with Gasteiger partial charge in [-0.25, -0.2) is 4.98 Å². The van der Waals surface area contributed by atoms with Gasteiger partial charge in [0.15, 0.2) is 0 Å². The quantitative estimate of drug-likeness (QED) is 0.901. The van der Waals surface area contributed by atoms with Crippen molar-refractivity contribution in [3.8, 4) is 11.6 Å². The van der Waals surface area contributed by atoms with Crippen LogP contribution in [-0.2, 0) is 9.59 Å². The lowest BCUT2D eigenvalue weighted by atomic mass is 10.1. The zero-order valence-electron chi connectivity index (χ0n) is 14.1. The van der Waals surface area contributed by atoms with Crippen LogP contribution in [0.5, 0.6) is 11.6 Å². The van der Waals surface area contributed by atoms with Crippen molar-refractivity contribution < 1.29 is 19.1 Å². The first-order chi connectivity index (χ1) is 12.1. The molecule has 2 aromatic rings. The number of ether oxygens (including phenoxy) is 2. The highest BCUT2D eigenvalue weighted by atomic mass is 16.5. The molecule has 0 radical (unpaired) electrons. The van der Waals surface area contributed by atoms with Crippen LogP contribution in [-0.4, -0.2) is 37.6 Å². The lowest BCUT2D eigenvalue weighted by molar-refractivity contribution is -0.122. The zero-order chi connectivity index (χ0) is 17.8. The largest absolute Gasteiger partial charge is 0.497 e. The average Bonchev–Trinajstić information content (AvgIpc) is 3.04. The molecular weight excluding hydrogens is 322 g/mol. The molecule has 2 heterocycles. The number of carbonyl (C=O) groups excluding carboxylic acids is 2. The number of hydrogen-bond donors (Lipinski definition) is 1. The van der Waals surface area contributed by atoms with E-state index in [1.165, 1.54) is 13.3 Å². The minimum Gasteiger partial charge on any atom is -0.497 e. The summed E-state index contributed by atoms with van der Waals surface area (Å²) in [5, 5.41) is 2.79. The highest BCUT2D eigenvalue weighted by Gasteiger charge is 2.35. The van der Waals surface area contributed by atoms with Crippen LogP contribution in [0.15, 0.2) is 42.6 Å². The van der Waals surface area contributed by atoms with E-state index in [1.54, 1.807) is 36.3 Å². The van der Waals surface area contributed by atoms with Gasteiger partial charge in [0.25, 0.3) is 0 Å². The molecule has 1 atom stereocenters. The van der Waals surface area contributed by atoms with Crippen LogP contribution in [0.1, 0.15) is 6.42 Å². The normalized spacial score (nSPS) is 16.6. The monoisotopic (exact) mass is 341 g/mol. The van der Waals surface area contributed by atoms with Crippen LogP contribution in [0.4, 0.5) is 11.4 Å². The molecule has 130 valence electrons. The predicted molar refractivity (Wildman–Crippen MR) is 92.9 cm³/mol. The molecule has 25 heavy (non-hydrogen) atoms. The van der Waals surface area contributed by atoms with Crippen molar-refractivity contribution in [2.24, 2.45) is 5.92 Å². The van der Waals surface area contributed by atoms with Crippen LogP contribution in [0, 0.1) is 5.92 Å². The van der Waals surface area contributed by atoms with Crippen molar-refractivity contribution in [3.05, 3.63) is 42.6 Å². The molecule has 7 heteroatoms. The Labute approximate surface area is 145 Å². The number of anilines is 2. The Morgan fingerprint density at radius 1 is 1.16 bits per heavy atom. The van der Waals surface area contributed by atoms with E-state index in [-0.39, 0.29) is 18.2 Å². The van der Waals surface area contributed by atoms with Gasteiger partial charge in [-0.05, 0) is 30.3 Å². The number of nitrogens with one attached hydrogen (secondary N) is 1. The molecule has 1 aliphatic heterocycles. The van der Waals surface area contributed by atoms with Crippen molar-refractivity contribution in [1.82, 2.24) is 4.98 Å². The van der Waals surface area contributed by atoms with Crippen LogP contribution in [0.25, 0.3) is 0 Å². The molecule has 1 N–H and O–H groups in total. The van der Waals surface area contributed by atoms with Crippen LogP contribution in [0.2, 0.25) is 0 Å². The Bertz CT molecular complexity index is 759. The molecule has 1 aromatic carbocycles. The van der Waals surface area contributed by atoms with Crippen molar-refractivity contribution in [2.45, 2.75) is 6.42 Å². The summed E-state index contributed by atoms with van der Waals surface area (Å²) in [4.78, 5) is 30.4. The van der Waals surface area contributed by atoms with Crippen molar-refractivity contribution in [3.63, 3.8) is 0 Å². The number of benzene rings is 1. The van der Waals surface area contributed by atoms with Crippen LogP contribution >= 0.6 is 0 Å². The van der Waals surface area contributed by atoms with Gasteiger partial charge in [-0.1, -0.05) is 0 Å². The summed E-state index contributed by atoms with van der Waals surface area (Å²) in [6.07, 6.45) is 1.70. The van der Waals surface area contributed by atoms with Gasteiger partial charge < -0.3 is 19.7 Å². The molecule has 0 bridgehead atoms. The summed E-state index contributed by atoms with van der Waals surface area (Å²) in [6, 6.07) is 10.6. The number of pyridine rings is 1. The molecule has 1 fully saturated rings. The Hall–Kier alpha value is -3.09. The molecule has 7 nitrogen and oxygen atoms in total. The second-order valence-corrected chi connectivity index (χ2v) is 5.68. The van der Waals surface area contributed by atoms with E-state index in [4.69, 9.17) is 9.47 Å². The third-order valence-corrected chi connectivity index (χ3v) is 4.09. The van der Waals surface area contributed by atoms with E-state index in [0.29, 0.717) is 18.1 Å². The maximum Gasteiger partial charge on any atom is 0.229 e. The predicted octanol–water partition coefficient (Wildman–Crippen LogP) is 2.09. The van der Waals surface area contributed by atoms with Gasteiger partial charge >= 0.3 is 0 Å². The fourth-order valence-electron chi connectivity index (χ4n) is 2.71. The van der Waals surface area contributed by atoms with Gasteiger partial charge in [-0.2, -0.15) is 0 Å². The number of methoxy groups -OCH3 is 2. The topological polar surface area (TPSA) is 80.8 Å². The molecule has 1 unspecified atom stereocenters. The maximum absolute atomic E-state index is 12.4. The minimum atomic E-state index is -0.406. The summed E-state index contributed by atoms with van der Waals surface area (Å²) in [5.74, 6) is 0.516. The number of hydrogen-bond acceptors (Lipinski definition) is 5. The van der Waals surface area contributed by atoms with Gasteiger partial charge in [0.2, 0.25) is 17.7 Å². The maximum atomic E-state index is 12.4. The number of aromatic nitrogens is 1. The first-order valence-corrected chi connectivity index (χ1v) is 7.86. The summed E-state index contributed by atoms with van der Waals surface area (Å²) in [5.41, 5.74) is 1.33. The van der Waals surface area contributed by atoms with E-state index in [9.17, 15) is 9.59 Å². The van der Waals surface area contributed by atoms with Crippen LogP contribution < -0.4 is 19.7 Å². The highest BCUT2D eigenvalue weighted by molar-refractivity contribution is 6.03. The van der Waals surface area contributed by atoms with Crippen LogP contribution in [0.3, 0.4) is 0 Å². The molecule has 0 aliphatic carbocycles. The van der Waals surface area contributed by atoms with Gasteiger partial charge in [-0.3, -0.25) is 9.59 Å². The Balaban J connectivity index is 1.65. The Kier molecular flexibility index (Phi) is 4.83. The third-order valence-electron chi connectivity index (χ3n) is 4.09. The minimum absolute atomic E-state index is 0.0711. The first kappa shape index (κ1) is 16.8. The zero-order valence-corrected chi connectivity index (χ0v) is 14.1. The number of rotatable bonds is 5. The molecule has 2 amide bonds. The van der Waals surface area contributed by atoms with E-state index in [1.807, 2.05) is 12.1 Å². The molecule has 1 aliphatic rings. The Morgan fingerprint density at radius 2 is 1.92 bits per heavy atom. The average molecular weight is 341 g/mol. The third kappa shape index (κ3) is 3.71. The van der Waals surface area contributed by atoms with Crippen molar-refractivity contribution in [2.75, 3.05) is 31.0 Å². The smallest absolute Gasteiger partial charge is 0.229 e. The van der Waals surface area contributed by atoms with Gasteiger partial charge in [0.05, 0.1) is 32.0 Å². The number of amides is 2. The molecule has 3 rings (SSSR count). The standard InChI is InChI=1S/C18H19N3O4/c1-24-15-6-4-14(5-7-15)21-11-12(9-17(21)22)18(23)20-13-3-8-16(25-2)19-10-13/h3-8,10,12H,9,11H2,1-2H3,(H,20,23). The van der Waals surface area contributed by atoms with E-state index in [2.05, 4.69) is 10.3 Å². The summed E-state index contributed by atoms with van der Waals surface area (Å²) < 4.78 is 10.1. The fraction of sp³-hybridized carbons (Fsp3) is 0.278. The van der Waals surface area contributed by atoms with Gasteiger partial charge in [0.1, 0.15) is 5.75 Å². The van der Waals surface area contributed by atoms with Crippen molar-refractivity contribution >= 4 is 23.2 Å². The molecule has 0 saturated carbocycles. The summed E-state index contributed by atoms with van der Waals surface area (Å²) in [6.45, 7) is 0.348. The summed E-state index contributed by atoms with van der Waals surface area (Å²) in [7, 11) is 3.11. The van der Waals surface area contributed by atoms with E-state index < -0.39 is 5.92 Å².